The van der Waals surface area contributed by atoms with Gasteiger partial charge in [0, 0.05) is 31.8 Å². The first-order valence-electron chi connectivity index (χ1n) is 7.91. The fourth-order valence-electron chi connectivity index (χ4n) is 2.49. The normalized spacial score (nSPS) is 18.4. The minimum Gasteiger partial charge on any atom is -0.343 e. The number of hydrogen-bond donors (Lipinski definition) is 2. The summed E-state index contributed by atoms with van der Waals surface area (Å²) in [4.78, 5) is 25.5. The van der Waals surface area contributed by atoms with Gasteiger partial charge in [0.2, 0.25) is 11.8 Å². The topological polar surface area (TPSA) is 61.4 Å². The molecule has 1 aliphatic heterocycles. The van der Waals surface area contributed by atoms with Crippen molar-refractivity contribution in [3.63, 3.8) is 0 Å². The quantitative estimate of drug-likeness (QED) is 0.808. The molecule has 0 bridgehead atoms. The van der Waals surface area contributed by atoms with E-state index in [1.54, 1.807) is 4.90 Å². The van der Waals surface area contributed by atoms with Crippen molar-refractivity contribution in [3.05, 3.63) is 41.5 Å². The van der Waals surface area contributed by atoms with Crippen LogP contribution in [0.2, 0.25) is 0 Å². The molecule has 0 radical (unpaired) electrons. The first kappa shape index (κ1) is 19.0. The molecule has 1 fully saturated rings. The molecule has 136 valence electrons. The van der Waals surface area contributed by atoms with Crippen molar-refractivity contribution in [2.24, 2.45) is 0 Å². The largest absolute Gasteiger partial charge is 0.416 e. The fraction of sp³-hybridized carbons (Fsp3) is 0.412. The smallest absolute Gasteiger partial charge is 0.343 e. The van der Waals surface area contributed by atoms with Gasteiger partial charge in [-0.1, -0.05) is 12.1 Å². The van der Waals surface area contributed by atoms with Gasteiger partial charge in [0.1, 0.15) is 0 Å². The summed E-state index contributed by atoms with van der Waals surface area (Å²) in [6.45, 7) is 3.85. The predicted octanol–water partition coefficient (Wildman–Crippen LogP) is 1.66. The lowest BCUT2D eigenvalue weighted by atomic mass is 10.1. The van der Waals surface area contributed by atoms with Crippen LogP contribution < -0.4 is 10.6 Å². The van der Waals surface area contributed by atoms with E-state index in [9.17, 15) is 22.8 Å². The summed E-state index contributed by atoms with van der Waals surface area (Å²) in [5.74, 6) is -0.638. The molecule has 1 atom stereocenters. The van der Waals surface area contributed by atoms with Crippen LogP contribution in [0.3, 0.4) is 0 Å². The van der Waals surface area contributed by atoms with Crippen LogP contribution in [0, 0.1) is 0 Å². The standard InChI is InChI=1S/C17H20F3N3O2/c1-12-10-21-8-9-23(12)16(25)11-22-15(24)7-4-13-2-5-14(6-3-13)17(18,19)20/h2-7,12,21H,8-11H2,1H3,(H,22,24)/b7-4+. The highest BCUT2D eigenvalue weighted by Gasteiger charge is 2.29. The lowest BCUT2D eigenvalue weighted by molar-refractivity contribution is -0.137. The minimum atomic E-state index is -4.39. The van der Waals surface area contributed by atoms with E-state index in [1.807, 2.05) is 6.92 Å². The maximum absolute atomic E-state index is 12.5. The second-order valence-corrected chi connectivity index (χ2v) is 5.81. The number of carbonyl (C=O) groups is 2. The monoisotopic (exact) mass is 355 g/mol. The van der Waals surface area contributed by atoms with Gasteiger partial charge in [0.25, 0.3) is 0 Å². The maximum atomic E-state index is 12.5. The SMILES string of the molecule is CC1CNCCN1C(=O)CNC(=O)/C=C/c1ccc(C(F)(F)F)cc1. The molecule has 2 N–H and O–H groups in total. The van der Waals surface area contributed by atoms with Crippen LogP contribution in [0.25, 0.3) is 6.08 Å². The molecule has 25 heavy (non-hydrogen) atoms. The fourth-order valence-corrected chi connectivity index (χ4v) is 2.49. The number of piperazine rings is 1. The zero-order valence-electron chi connectivity index (χ0n) is 13.8. The number of hydrogen-bond acceptors (Lipinski definition) is 3. The molecule has 1 heterocycles. The van der Waals surface area contributed by atoms with Crippen LogP contribution in [0.5, 0.6) is 0 Å². The van der Waals surface area contributed by atoms with Crippen molar-refractivity contribution in [2.45, 2.75) is 19.1 Å². The molecule has 0 spiro atoms. The third kappa shape index (κ3) is 5.60. The molecule has 0 aromatic heterocycles. The van der Waals surface area contributed by atoms with E-state index >= 15 is 0 Å². The van der Waals surface area contributed by atoms with Crippen molar-refractivity contribution in [2.75, 3.05) is 26.2 Å². The van der Waals surface area contributed by atoms with Crippen LogP contribution in [0.1, 0.15) is 18.1 Å². The highest BCUT2D eigenvalue weighted by atomic mass is 19.4. The molecule has 1 unspecified atom stereocenters. The van der Waals surface area contributed by atoms with E-state index in [-0.39, 0.29) is 18.5 Å². The molecular formula is C17H20F3N3O2. The van der Waals surface area contributed by atoms with Crippen molar-refractivity contribution < 1.29 is 22.8 Å². The average Bonchev–Trinajstić information content (AvgIpc) is 2.58. The third-order valence-electron chi connectivity index (χ3n) is 3.90. The van der Waals surface area contributed by atoms with E-state index in [0.717, 1.165) is 18.7 Å². The zero-order valence-corrected chi connectivity index (χ0v) is 13.8. The summed E-state index contributed by atoms with van der Waals surface area (Å²) in [5, 5.41) is 5.66. The molecule has 1 saturated heterocycles. The Morgan fingerprint density at radius 2 is 2.00 bits per heavy atom. The van der Waals surface area contributed by atoms with Crippen LogP contribution >= 0.6 is 0 Å². The number of carbonyl (C=O) groups excluding carboxylic acids is 2. The molecule has 1 aromatic carbocycles. The summed E-state index contributed by atoms with van der Waals surface area (Å²) < 4.78 is 37.4. The van der Waals surface area contributed by atoms with E-state index < -0.39 is 17.6 Å². The number of rotatable bonds is 4. The lowest BCUT2D eigenvalue weighted by Crippen LogP contribution is -2.54. The van der Waals surface area contributed by atoms with E-state index in [4.69, 9.17) is 0 Å². The molecule has 0 aliphatic carbocycles. The Kier molecular flexibility index (Phi) is 6.19. The number of nitrogens with one attached hydrogen (secondary N) is 2. The van der Waals surface area contributed by atoms with Crippen LogP contribution in [0.15, 0.2) is 30.3 Å². The molecule has 0 saturated carbocycles. The van der Waals surface area contributed by atoms with Gasteiger partial charge in [-0.15, -0.1) is 0 Å². The van der Waals surface area contributed by atoms with Gasteiger partial charge in [-0.05, 0) is 30.7 Å². The molecule has 2 rings (SSSR count). The summed E-state index contributed by atoms with van der Waals surface area (Å²) in [5.41, 5.74) is -0.282. The van der Waals surface area contributed by atoms with E-state index in [1.165, 1.54) is 24.3 Å². The summed E-state index contributed by atoms with van der Waals surface area (Å²) in [7, 11) is 0. The van der Waals surface area contributed by atoms with Crippen molar-refractivity contribution >= 4 is 17.9 Å². The Labute approximate surface area is 143 Å². The Hall–Kier alpha value is -2.35. The molecule has 2 amide bonds. The average molecular weight is 355 g/mol. The second kappa shape index (κ2) is 8.15. The summed E-state index contributed by atoms with van der Waals surface area (Å²) in [6, 6.07) is 4.53. The predicted molar refractivity (Wildman–Crippen MR) is 87.5 cm³/mol. The third-order valence-corrected chi connectivity index (χ3v) is 3.90. The molecular weight excluding hydrogens is 335 g/mol. The van der Waals surface area contributed by atoms with Gasteiger partial charge in [0.05, 0.1) is 12.1 Å². The van der Waals surface area contributed by atoms with Crippen LogP contribution in [-0.4, -0.2) is 48.9 Å². The van der Waals surface area contributed by atoms with Gasteiger partial charge >= 0.3 is 6.18 Å². The molecule has 8 heteroatoms. The summed E-state index contributed by atoms with van der Waals surface area (Å²) >= 11 is 0. The Balaban J connectivity index is 1.83. The first-order chi connectivity index (χ1) is 11.8. The second-order valence-electron chi connectivity index (χ2n) is 5.81. The number of halogens is 3. The van der Waals surface area contributed by atoms with Crippen LogP contribution in [0.4, 0.5) is 13.2 Å². The number of alkyl halides is 3. The Morgan fingerprint density at radius 1 is 1.32 bits per heavy atom. The Bertz CT molecular complexity index is 642. The van der Waals surface area contributed by atoms with Gasteiger partial charge < -0.3 is 15.5 Å². The Morgan fingerprint density at radius 3 is 2.60 bits per heavy atom. The maximum Gasteiger partial charge on any atom is 0.416 e. The van der Waals surface area contributed by atoms with Crippen molar-refractivity contribution in [1.29, 1.82) is 0 Å². The van der Waals surface area contributed by atoms with Gasteiger partial charge in [-0.2, -0.15) is 13.2 Å². The number of benzene rings is 1. The van der Waals surface area contributed by atoms with E-state index in [2.05, 4.69) is 10.6 Å². The first-order valence-corrected chi connectivity index (χ1v) is 7.91. The zero-order chi connectivity index (χ0) is 18.4. The minimum absolute atomic E-state index is 0.0702. The van der Waals surface area contributed by atoms with E-state index in [0.29, 0.717) is 18.7 Å². The lowest BCUT2D eigenvalue weighted by Gasteiger charge is -2.34. The van der Waals surface area contributed by atoms with Crippen molar-refractivity contribution in [1.82, 2.24) is 15.5 Å². The summed E-state index contributed by atoms with van der Waals surface area (Å²) in [6.07, 6.45) is -1.80. The van der Waals surface area contributed by atoms with Gasteiger partial charge in [-0.3, -0.25) is 9.59 Å². The van der Waals surface area contributed by atoms with Crippen molar-refractivity contribution in [3.8, 4) is 0 Å². The van der Waals surface area contributed by atoms with Gasteiger partial charge in [-0.25, -0.2) is 0 Å². The van der Waals surface area contributed by atoms with Crippen LogP contribution in [-0.2, 0) is 15.8 Å². The highest BCUT2D eigenvalue weighted by Crippen LogP contribution is 2.29. The molecule has 5 nitrogen and oxygen atoms in total. The number of amides is 2. The molecule has 1 aliphatic rings. The van der Waals surface area contributed by atoms with Gasteiger partial charge in [0.15, 0.2) is 0 Å². The highest BCUT2D eigenvalue weighted by molar-refractivity contribution is 5.94. The number of nitrogens with zero attached hydrogens (tertiary/aromatic N) is 1. The molecule has 1 aromatic rings.